The van der Waals surface area contributed by atoms with Crippen molar-refractivity contribution in [1.82, 2.24) is 30.2 Å². The average molecular weight is 342 g/mol. The van der Waals surface area contributed by atoms with E-state index in [-0.39, 0.29) is 12.6 Å². The second-order valence-corrected chi connectivity index (χ2v) is 5.67. The Balaban J connectivity index is 2.13. The number of anilines is 1. The second kappa shape index (κ2) is 7.31. The first-order valence-electron chi connectivity index (χ1n) is 8.20. The van der Waals surface area contributed by atoms with E-state index < -0.39 is 0 Å². The van der Waals surface area contributed by atoms with Crippen LogP contribution in [0.5, 0.6) is 0 Å². The number of nitrogens with two attached hydrogens (primary N) is 2. The smallest absolute Gasteiger partial charge is 0.314 e. The molecule has 3 heterocycles. The van der Waals surface area contributed by atoms with Crippen LogP contribution < -0.4 is 22.1 Å². The van der Waals surface area contributed by atoms with Crippen LogP contribution >= 0.6 is 0 Å². The first kappa shape index (κ1) is 16.9. The van der Waals surface area contributed by atoms with Gasteiger partial charge in [-0.15, -0.1) is 0 Å². The van der Waals surface area contributed by atoms with Gasteiger partial charge in [0.1, 0.15) is 22.4 Å². The van der Waals surface area contributed by atoms with Crippen molar-refractivity contribution < 1.29 is 4.79 Å². The third-order valence-corrected chi connectivity index (χ3v) is 4.01. The molecule has 0 aliphatic rings. The zero-order valence-electron chi connectivity index (χ0n) is 14.1. The number of pyridine rings is 2. The van der Waals surface area contributed by atoms with Gasteiger partial charge >= 0.3 is 6.03 Å². The number of urea groups is 1. The molecule has 0 atom stereocenters. The number of hydrogen-bond donors (Lipinski definition) is 4. The molecular formula is C16H22N8O. The Hall–Kier alpha value is -2.94. The van der Waals surface area contributed by atoms with Crippen LogP contribution in [0.2, 0.25) is 0 Å². The Kier molecular flexibility index (Phi) is 4.94. The largest absolute Gasteiger partial charge is 0.382 e. The molecule has 0 unspecified atom stereocenters. The van der Waals surface area contributed by atoms with Crippen molar-refractivity contribution in [2.75, 3.05) is 19.3 Å². The van der Waals surface area contributed by atoms with Gasteiger partial charge in [-0.2, -0.15) is 0 Å². The van der Waals surface area contributed by atoms with Gasteiger partial charge in [-0.1, -0.05) is 0 Å². The lowest BCUT2D eigenvalue weighted by Gasteiger charge is -2.11. The van der Waals surface area contributed by atoms with Crippen LogP contribution in [0.4, 0.5) is 10.6 Å². The van der Waals surface area contributed by atoms with E-state index in [1.807, 2.05) is 16.7 Å². The van der Waals surface area contributed by atoms with E-state index in [1.165, 1.54) is 0 Å². The number of nitrogens with zero attached hydrogens (tertiary/aromatic N) is 4. The number of carbonyl (C=O) groups excluding carboxylic acids is 1. The number of carbonyl (C=O) groups is 1. The number of aromatic nitrogens is 4. The van der Waals surface area contributed by atoms with Crippen LogP contribution in [0.3, 0.4) is 0 Å². The molecule has 0 aromatic carbocycles. The van der Waals surface area contributed by atoms with Crippen molar-refractivity contribution in [2.24, 2.45) is 5.73 Å². The Labute approximate surface area is 144 Å². The molecule has 6 N–H and O–H groups in total. The number of aryl methyl sites for hydroxylation is 1. The molecule has 0 radical (unpaired) electrons. The molecule has 0 spiro atoms. The van der Waals surface area contributed by atoms with Crippen LogP contribution in [0.15, 0.2) is 18.3 Å². The molecule has 25 heavy (non-hydrogen) atoms. The summed E-state index contributed by atoms with van der Waals surface area (Å²) in [7, 11) is 1.57. The molecule has 0 saturated heterocycles. The van der Waals surface area contributed by atoms with Gasteiger partial charge in [0, 0.05) is 19.8 Å². The Morgan fingerprint density at radius 2 is 2.12 bits per heavy atom. The standard InChI is InChI=1S/C16H22N8O/c1-19-16(25)21-9-11-23-13-14(24(11)8-3-2-6-17)12-10(22-15(13)18)5-4-7-20-12/h4-5,7H,2-3,6,8-9,17H2,1H3,(H2,18,22)(H2,19,21,25). The number of nitrogens with one attached hydrogen (secondary N) is 2. The first-order valence-corrected chi connectivity index (χ1v) is 8.20. The predicted molar refractivity (Wildman–Crippen MR) is 96.8 cm³/mol. The maximum atomic E-state index is 11.5. The summed E-state index contributed by atoms with van der Waals surface area (Å²) in [6, 6.07) is 3.43. The van der Waals surface area contributed by atoms with E-state index in [2.05, 4.69) is 25.6 Å². The number of imidazole rings is 1. The van der Waals surface area contributed by atoms with E-state index in [0.29, 0.717) is 30.2 Å². The molecule has 9 heteroatoms. The van der Waals surface area contributed by atoms with Crippen LogP contribution in [0.25, 0.3) is 22.1 Å². The highest BCUT2D eigenvalue weighted by Gasteiger charge is 2.18. The SMILES string of the molecule is CNC(=O)NCc1nc2c(N)nc3cccnc3c2n1CCCCN. The van der Waals surface area contributed by atoms with E-state index >= 15 is 0 Å². The Morgan fingerprint density at radius 3 is 2.88 bits per heavy atom. The number of unbranched alkanes of at least 4 members (excludes halogenated alkanes) is 1. The third kappa shape index (κ3) is 3.31. The molecule has 3 rings (SSSR count). The topological polar surface area (TPSA) is 137 Å². The molecule has 3 aromatic heterocycles. The van der Waals surface area contributed by atoms with Gasteiger partial charge in [-0.05, 0) is 31.5 Å². The highest BCUT2D eigenvalue weighted by molar-refractivity contribution is 6.04. The minimum absolute atomic E-state index is 0.269. The van der Waals surface area contributed by atoms with Gasteiger partial charge in [0.25, 0.3) is 0 Å². The van der Waals surface area contributed by atoms with E-state index in [9.17, 15) is 4.79 Å². The maximum absolute atomic E-state index is 11.5. The van der Waals surface area contributed by atoms with Gasteiger partial charge in [-0.3, -0.25) is 4.98 Å². The van der Waals surface area contributed by atoms with Crippen molar-refractivity contribution in [3.8, 4) is 0 Å². The van der Waals surface area contributed by atoms with Gasteiger partial charge in [-0.25, -0.2) is 14.8 Å². The third-order valence-electron chi connectivity index (χ3n) is 4.01. The zero-order chi connectivity index (χ0) is 17.8. The Bertz CT molecular complexity index is 904. The molecule has 0 saturated carbocycles. The second-order valence-electron chi connectivity index (χ2n) is 5.67. The highest BCUT2D eigenvalue weighted by atomic mass is 16.2. The number of hydrogen-bond acceptors (Lipinski definition) is 6. The fourth-order valence-electron chi connectivity index (χ4n) is 2.81. The monoisotopic (exact) mass is 342 g/mol. The van der Waals surface area contributed by atoms with Gasteiger partial charge in [0.05, 0.1) is 12.1 Å². The van der Waals surface area contributed by atoms with Gasteiger partial charge in [0.15, 0.2) is 5.82 Å². The van der Waals surface area contributed by atoms with E-state index in [1.54, 1.807) is 13.2 Å². The fourth-order valence-corrected chi connectivity index (χ4v) is 2.81. The molecular weight excluding hydrogens is 320 g/mol. The quantitative estimate of drug-likeness (QED) is 0.487. The van der Waals surface area contributed by atoms with Crippen LogP contribution in [-0.2, 0) is 13.1 Å². The minimum atomic E-state index is -0.269. The molecule has 0 aliphatic carbocycles. The zero-order valence-corrected chi connectivity index (χ0v) is 14.1. The summed E-state index contributed by atoms with van der Waals surface area (Å²) >= 11 is 0. The van der Waals surface area contributed by atoms with Gasteiger partial charge < -0.3 is 26.7 Å². The highest BCUT2D eigenvalue weighted by Crippen LogP contribution is 2.27. The lowest BCUT2D eigenvalue weighted by Crippen LogP contribution is -2.33. The first-order chi connectivity index (χ1) is 12.2. The fraction of sp³-hybridized carbons (Fsp3) is 0.375. The van der Waals surface area contributed by atoms with Crippen LogP contribution in [0.1, 0.15) is 18.7 Å². The summed E-state index contributed by atoms with van der Waals surface area (Å²) in [5.41, 5.74) is 14.6. The van der Waals surface area contributed by atoms with E-state index in [4.69, 9.17) is 11.5 Å². The maximum Gasteiger partial charge on any atom is 0.314 e. The summed E-state index contributed by atoms with van der Waals surface area (Å²) < 4.78 is 2.05. The van der Waals surface area contributed by atoms with Gasteiger partial charge in [0.2, 0.25) is 0 Å². The van der Waals surface area contributed by atoms with Crippen molar-refractivity contribution in [3.63, 3.8) is 0 Å². The lowest BCUT2D eigenvalue weighted by atomic mass is 10.2. The summed E-state index contributed by atoms with van der Waals surface area (Å²) in [5.74, 6) is 1.07. The van der Waals surface area contributed by atoms with Crippen molar-refractivity contribution >= 4 is 33.9 Å². The lowest BCUT2D eigenvalue weighted by molar-refractivity contribution is 0.242. The minimum Gasteiger partial charge on any atom is -0.382 e. The molecule has 3 aromatic rings. The summed E-state index contributed by atoms with van der Waals surface area (Å²) in [6.07, 6.45) is 3.51. The molecule has 2 amide bonds. The summed E-state index contributed by atoms with van der Waals surface area (Å²) in [5, 5.41) is 5.30. The molecule has 0 aliphatic heterocycles. The van der Waals surface area contributed by atoms with Crippen LogP contribution in [0, 0.1) is 0 Å². The number of rotatable bonds is 6. The van der Waals surface area contributed by atoms with Crippen molar-refractivity contribution in [1.29, 1.82) is 0 Å². The molecule has 0 fully saturated rings. The predicted octanol–water partition coefficient (Wildman–Crippen LogP) is 0.730. The molecule has 132 valence electrons. The molecule has 0 bridgehead atoms. The van der Waals surface area contributed by atoms with E-state index in [0.717, 1.165) is 29.4 Å². The number of fused-ring (bicyclic) bond motifs is 3. The summed E-state index contributed by atoms with van der Waals surface area (Å²) in [6.45, 7) is 1.62. The normalized spacial score (nSPS) is 11.1. The van der Waals surface area contributed by atoms with Crippen LogP contribution in [-0.4, -0.2) is 39.1 Å². The molecule has 9 nitrogen and oxygen atoms in total. The number of nitrogen functional groups attached to an aromatic ring is 1. The van der Waals surface area contributed by atoms with Crippen molar-refractivity contribution in [3.05, 3.63) is 24.2 Å². The Morgan fingerprint density at radius 1 is 1.28 bits per heavy atom. The van der Waals surface area contributed by atoms with Crippen molar-refractivity contribution in [2.45, 2.75) is 25.9 Å². The summed E-state index contributed by atoms with van der Waals surface area (Å²) in [4.78, 5) is 25.0. The number of amides is 2. The average Bonchev–Trinajstić information content (AvgIpc) is 2.99.